The number of fused-ring (bicyclic) bond motifs is 3. The number of carbonyl (C=O) groups excluding carboxylic acids is 3. The van der Waals surface area contributed by atoms with Crippen molar-refractivity contribution in [2.45, 2.75) is 111 Å². The molecule has 1 aliphatic heterocycles. The standard InChI is InChI=1S/C40H49N7O6/c1-23-19-26(11-12-27(23)21-41-33(48)34-44-35(45-53-34)38(2,3)4)31-30-28-20-25(24-15-17-46(18-16-24)36(49)51-39(5,6)7)13-14-29(28)47(32(30)43-22-42-31)37(50)52-40(8,9)10/h11-14,19-20,22,24H,15-18,21H2,1-10H3,(H,41,48). The van der Waals surface area contributed by atoms with Crippen molar-refractivity contribution in [3.8, 4) is 11.3 Å². The average molecular weight is 724 g/mol. The van der Waals surface area contributed by atoms with Crippen LogP contribution in [0.2, 0.25) is 0 Å². The fourth-order valence-corrected chi connectivity index (χ4v) is 6.46. The van der Waals surface area contributed by atoms with Crippen molar-refractivity contribution in [3.05, 3.63) is 71.1 Å². The number of carbonyl (C=O) groups is 3. The summed E-state index contributed by atoms with van der Waals surface area (Å²) < 4.78 is 18.2. The molecule has 53 heavy (non-hydrogen) atoms. The van der Waals surface area contributed by atoms with E-state index < -0.39 is 23.2 Å². The zero-order valence-corrected chi connectivity index (χ0v) is 32.3. The van der Waals surface area contributed by atoms with Gasteiger partial charge in [-0.1, -0.05) is 44.1 Å². The number of rotatable bonds is 5. The lowest BCUT2D eigenvalue weighted by molar-refractivity contribution is 0.0204. The Morgan fingerprint density at radius 1 is 0.887 bits per heavy atom. The van der Waals surface area contributed by atoms with Crippen LogP contribution in [0.15, 0.2) is 47.2 Å². The van der Waals surface area contributed by atoms with Gasteiger partial charge in [0.1, 0.15) is 17.5 Å². The predicted octanol–water partition coefficient (Wildman–Crippen LogP) is 8.07. The molecule has 1 fully saturated rings. The van der Waals surface area contributed by atoms with Gasteiger partial charge in [0.2, 0.25) is 0 Å². The number of ether oxygens (including phenoxy) is 2. The first-order valence-electron chi connectivity index (χ1n) is 18.0. The number of aryl methyl sites for hydroxylation is 1. The Labute approximate surface area is 309 Å². The van der Waals surface area contributed by atoms with Crippen molar-refractivity contribution in [1.82, 2.24) is 34.9 Å². The van der Waals surface area contributed by atoms with Gasteiger partial charge in [-0.3, -0.25) is 4.79 Å². The first-order valence-corrected chi connectivity index (χ1v) is 18.0. The number of aromatic nitrogens is 5. The first-order chi connectivity index (χ1) is 24.8. The summed E-state index contributed by atoms with van der Waals surface area (Å²) in [4.78, 5) is 54.7. The van der Waals surface area contributed by atoms with Gasteiger partial charge in [-0.05, 0) is 102 Å². The van der Waals surface area contributed by atoms with Crippen molar-refractivity contribution in [1.29, 1.82) is 0 Å². The highest BCUT2D eigenvalue weighted by Crippen LogP contribution is 2.38. The van der Waals surface area contributed by atoms with Crippen LogP contribution in [-0.4, -0.2) is 72.0 Å². The summed E-state index contributed by atoms with van der Waals surface area (Å²) in [7, 11) is 0. The van der Waals surface area contributed by atoms with Crippen molar-refractivity contribution in [3.63, 3.8) is 0 Å². The van der Waals surface area contributed by atoms with Crippen LogP contribution in [-0.2, 0) is 21.4 Å². The SMILES string of the molecule is Cc1cc(-c2ncnc3c2c2cc(C4CCN(C(=O)OC(C)(C)C)CC4)ccc2n3C(=O)OC(C)(C)C)ccc1CNC(=O)c1nc(C(C)(C)C)no1. The lowest BCUT2D eigenvalue weighted by Crippen LogP contribution is -2.41. The number of piperidine rings is 1. The number of hydrogen-bond acceptors (Lipinski definition) is 10. The quantitative estimate of drug-likeness (QED) is 0.188. The lowest BCUT2D eigenvalue weighted by atomic mass is 9.88. The molecule has 3 aromatic heterocycles. The van der Waals surface area contributed by atoms with Crippen LogP contribution in [0.5, 0.6) is 0 Å². The summed E-state index contributed by atoms with van der Waals surface area (Å²) in [5.41, 5.74) is 3.93. The normalized spacial score (nSPS) is 14.5. The fourth-order valence-electron chi connectivity index (χ4n) is 6.46. The highest BCUT2D eigenvalue weighted by atomic mass is 16.6. The molecule has 2 aromatic carbocycles. The molecule has 0 unspecified atom stereocenters. The van der Waals surface area contributed by atoms with Crippen molar-refractivity contribution in [2.24, 2.45) is 0 Å². The fraction of sp³-hybridized carbons (Fsp3) is 0.475. The molecule has 1 saturated heterocycles. The molecule has 13 nitrogen and oxygen atoms in total. The number of nitrogens with one attached hydrogen (secondary N) is 1. The number of likely N-dealkylation sites (tertiary alicyclic amines) is 1. The molecule has 2 amide bonds. The molecule has 1 N–H and O–H groups in total. The molecule has 4 heterocycles. The van der Waals surface area contributed by atoms with Crippen LogP contribution < -0.4 is 5.32 Å². The molecule has 0 aliphatic carbocycles. The zero-order chi connectivity index (χ0) is 38.5. The molecular formula is C40H49N7O6. The molecule has 1 aliphatic rings. The smallest absolute Gasteiger partial charge is 0.420 e. The van der Waals surface area contributed by atoms with Gasteiger partial charge in [0.25, 0.3) is 0 Å². The second-order valence-corrected chi connectivity index (χ2v) is 16.8. The predicted molar refractivity (Wildman–Crippen MR) is 201 cm³/mol. The summed E-state index contributed by atoms with van der Waals surface area (Å²) in [6, 6.07) is 12.0. The highest BCUT2D eigenvalue weighted by molar-refractivity contribution is 6.16. The van der Waals surface area contributed by atoms with Gasteiger partial charge < -0.3 is 24.2 Å². The van der Waals surface area contributed by atoms with Gasteiger partial charge in [0, 0.05) is 36.0 Å². The summed E-state index contributed by atoms with van der Waals surface area (Å²) in [5.74, 6) is 0.135. The van der Waals surface area contributed by atoms with Crippen LogP contribution >= 0.6 is 0 Å². The van der Waals surface area contributed by atoms with Crippen LogP contribution in [0.1, 0.15) is 114 Å². The summed E-state index contributed by atoms with van der Waals surface area (Å²) in [5, 5.41) is 8.39. The van der Waals surface area contributed by atoms with Gasteiger partial charge >= 0.3 is 24.0 Å². The maximum Gasteiger partial charge on any atom is 0.420 e. The molecule has 0 atom stereocenters. The van der Waals surface area contributed by atoms with Crippen molar-refractivity contribution >= 4 is 40.0 Å². The monoisotopic (exact) mass is 723 g/mol. The first kappa shape index (κ1) is 37.4. The van der Waals surface area contributed by atoms with Gasteiger partial charge in [-0.15, -0.1) is 0 Å². The van der Waals surface area contributed by atoms with Crippen LogP contribution in [0.25, 0.3) is 33.2 Å². The maximum absolute atomic E-state index is 13.7. The molecule has 6 rings (SSSR count). The van der Waals surface area contributed by atoms with E-state index >= 15 is 0 Å². The van der Waals surface area contributed by atoms with E-state index in [1.165, 1.54) is 10.9 Å². The number of nitrogens with zero attached hydrogens (tertiary/aromatic N) is 6. The van der Waals surface area contributed by atoms with E-state index in [1.54, 1.807) is 4.90 Å². The second-order valence-electron chi connectivity index (χ2n) is 16.8. The largest absolute Gasteiger partial charge is 0.444 e. The van der Waals surface area contributed by atoms with E-state index in [4.69, 9.17) is 19.0 Å². The van der Waals surface area contributed by atoms with Crippen LogP contribution in [0.3, 0.4) is 0 Å². The average Bonchev–Trinajstić information content (AvgIpc) is 3.70. The van der Waals surface area contributed by atoms with E-state index in [2.05, 4.69) is 32.6 Å². The van der Waals surface area contributed by atoms with Crippen LogP contribution in [0.4, 0.5) is 9.59 Å². The number of benzene rings is 2. The highest BCUT2D eigenvalue weighted by Gasteiger charge is 2.30. The molecule has 280 valence electrons. The minimum atomic E-state index is -0.724. The van der Waals surface area contributed by atoms with Gasteiger partial charge in [0.15, 0.2) is 11.5 Å². The van der Waals surface area contributed by atoms with E-state index in [9.17, 15) is 14.4 Å². The number of hydrogen-bond donors (Lipinski definition) is 1. The van der Waals surface area contributed by atoms with E-state index in [1.807, 2.05) is 93.5 Å². The topological polar surface area (TPSA) is 155 Å². The van der Waals surface area contributed by atoms with Crippen LogP contribution in [0, 0.1) is 6.92 Å². The molecule has 0 saturated carbocycles. The molecule has 0 spiro atoms. The third-order valence-corrected chi connectivity index (χ3v) is 9.11. The number of amides is 2. The van der Waals surface area contributed by atoms with E-state index in [0.29, 0.717) is 35.8 Å². The summed E-state index contributed by atoms with van der Waals surface area (Å²) in [6.07, 6.45) is 2.20. The molecular weight excluding hydrogens is 674 g/mol. The Balaban J connectivity index is 1.33. The van der Waals surface area contributed by atoms with E-state index in [-0.39, 0.29) is 29.9 Å². The summed E-state index contributed by atoms with van der Waals surface area (Å²) >= 11 is 0. The zero-order valence-electron chi connectivity index (χ0n) is 32.3. The maximum atomic E-state index is 13.7. The third-order valence-electron chi connectivity index (χ3n) is 9.11. The Hall–Kier alpha value is -5.33. The second kappa shape index (κ2) is 13.9. The van der Waals surface area contributed by atoms with Crippen molar-refractivity contribution < 1.29 is 28.4 Å². The van der Waals surface area contributed by atoms with Gasteiger partial charge in [0.05, 0.1) is 16.6 Å². The molecule has 5 aromatic rings. The minimum absolute atomic E-state index is 0.0816. The molecule has 13 heteroatoms. The Bertz CT molecular complexity index is 2190. The Morgan fingerprint density at radius 3 is 2.19 bits per heavy atom. The third kappa shape index (κ3) is 8.18. The Morgan fingerprint density at radius 2 is 1.57 bits per heavy atom. The molecule has 0 radical (unpaired) electrons. The summed E-state index contributed by atoms with van der Waals surface area (Å²) in [6.45, 7) is 20.4. The minimum Gasteiger partial charge on any atom is -0.444 e. The molecule has 0 bridgehead atoms. The van der Waals surface area contributed by atoms with Gasteiger partial charge in [-0.2, -0.15) is 4.98 Å². The Kier molecular flexibility index (Phi) is 9.82. The lowest BCUT2D eigenvalue weighted by Gasteiger charge is -2.33. The van der Waals surface area contributed by atoms with Gasteiger partial charge in [-0.25, -0.2) is 24.1 Å². The van der Waals surface area contributed by atoms with Crippen molar-refractivity contribution in [2.75, 3.05) is 13.1 Å². The van der Waals surface area contributed by atoms with E-state index in [0.717, 1.165) is 45.9 Å².